The average Bonchev–Trinajstić information content (AvgIpc) is 2.75. The van der Waals surface area contributed by atoms with E-state index >= 15 is 0 Å². The number of H-pyrrole nitrogens is 1. The minimum atomic E-state index is -1.29. The molecule has 0 aliphatic carbocycles. The Morgan fingerprint density at radius 2 is 1.94 bits per heavy atom. The summed E-state index contributed by atoms with van der Waals surface area (Å²) < 4.78 is 0. The number of aliphatic carboxylic acids is 1. The van der Waals surface area contributed by atoms with Gasteiger partial charge in [0.2, 0.25) is 5.95 Å². The van der Waals surface area contributed by atoms with Crippen molar-refractivity contribution in [3.8, 4) is 0 Å². The van der Waals surface area contributed by atoms with Crippen molar-refractivity contribution in [1.29, 1.82) is 0 Å². The monoisotopic (exact) mass is 447 g/mol. The molecule has 2 aromatic heterocycles. The molecule has 2 heterocycles. The van der Waals surface area contributed by atoms with Gasteiger partial charge in [-0.1, -0.05) is 0 Å². The van der Waals surface area contributed by atoms with Crippen LogP contribution in [0.15, 0.2) is 35.3 Å². The Morgan fingerprint density at radius 3 is 2.59 bits per heavy atom. The first-order valence-corrected chi connectivity index (χ1v) is 9.17. The van der Waals surface area contributed by atoms with Crippen molar-refractivity contribution >= 4 is 41.0 Å². The molecular formula is C19H18N7NaO5. The molecule has 0 aliphatic heterocycles. The van der Waals surface area contributed by atoms with Gasteiger partial charge >= 0.3 is 29.6 Å². The number of carbonyl (C=O) groups excluding carboxylic acids is 3. The van der Waals surface area contributed by atoms with Crippen LogP contribution in [0.4, 0.5) is 11.6 Å². The second kappa shape index (κ2) is 11.3. The Bertz CT molecular complexity index is 1180. The van der Waals surface area contributed by atoms with Crippen molar-refractivity contribution < 1.29 is 49.0 Å². The van der Waals surface area contributed by atoms with Crippen LogP contribution >= 0.6 is 0 Å². The fourth-order valence-corrected chi connectivity index (χ4v) is 2.69. The average molecular weight is 447 g/mol. The SMILES string of the molecule is Nc1nc2ncc(CNc3ccc(C(=O)N[C@H](C=O)CCC(=O)[O-])cc3)nc2c(=O)[nH]1.[Na+]. The van der Waals surface area contributed by atoms with Crippen molar-refractivity contribution in [3.05, 3.63) is 52.1 Å². The Labute approximate surface area is 203 Å². The number of fused-ring (bicyclic) bond motifs is 1. The number of carbonyl (C=O) groups is 3. The third-order valence-electron chi connectivity index (χ3n) is 4.25. The number of anilines is 2. The molecule has 0 bridgehead atoms. The van der Waals surface area contributed by atoms with E-state index in [4.69, 9.17) is 5.73 Å². The fourth-order valence-electron chi connectivity index (χ4n) is 2.69. The first-order chi connectivity index (χ1) is 14.9. The quantitative estimate of drug-likeness (QED) is 0.184. The zero-order valence-corrected chi connectivity index (χ0v) is 19.1. The Balaban J connectivity index is 0.00000363. The second-order valence-electron chi connectivity index (χ2n) is 6.54. The fraction of sp³-hybridized carbons (Fsp3) is 0.211. The van der Waals surface area contributed by atoms with Crippen molar-refractivity contribution in [1.82, 2.24) is 25.3 Å². The van der Waals surface area contributed by atoms with Crippen molar-refractivity contribution in [3.63, 3.8) is 0 Å². The molecule has 0 saturated heterocycles. The predicted octanol–water partition coefficient (Wildman–Crippen LogP) is -4.26. The summed E-state index contributed by atoms with van der Waals surface area (Å²) in [6.07, 6.45) is 1.57. The molecule has 0 fully saturated rings. The number of aldehydes is 1. The van der Waals surface area contributed by atoms with E-state index in [-0.39, 0.29) is 66.1 Å². The van der Waals surface area contributed by atoms with Crippen molar-refractivity contribution in [2.45, 2.75) is 25.4 Å². The van der Waals surface area contributed by atoms with Crippen LogP contribution in [0.5, 0.6) is 0 Å². The molecule has 12 nitrogen and oxygen atoms in total. The third kappa shape index (κ3) is 6.57. The van der Waals surface area contributed by atoms with Gasteiger partial charge in [-0.3, -0.25) is 14.6 Å². The number of nitrogens with one attached hydrogen (secondary N) is 3. The molecule has 3 aromatic rings. The van der Waals surface area contributed by atoms with Crippen LogP contribution < -0.4 is 56.6 Å². The maximum absolute atomic E-state index is 12.2. The Morgan fingerprint density at radius 1 is 1.22 bits per heavy atom. The number of amides is 1. The minimum absolute atomic E-state index is 0. The number of nitrogens with zero attached hydrogens (tertiary/aromatic N) is 3. The van der Waals surface area contributed by atoms with Gasteiger partial charge in [0.1, 0.15) is 6.29 Å². The number of carboxylic acids is 1. The van der Waals surface area contributed by atoms with Crippen molar-refractivity contribution in [2.75, 3.05) is 11.1 Å². The number of nitrogen functional groups attached to an aromatic ring is 1. The van der Waals surface area contributed by atoms with Gasteiger partial charge in [0.25, 0.3) is 11.5 Å². The summed E-state index contributed by atoms with van der Waals surface area (Å²) in [5.41, 5.74) is 6.67. The zero-order chi connectivity index (χ0) is 22.4. The summed E-state index contributed by atoms with van der Waals surface area (Å²) in [6, 6.07) is 5.47. The first kappa shape index (κ1) is 24.9. The Hall–Kier alpha value is -3.35. The maximum Gasteiger partial charge on any atom is 1.00 e. The largest absolute Gasteiger partial charge is 1.00 e. The smallest absolute Gasteiger partial charge is 0.550 e. The van der Waals surface area contributed by atoms with Gasteiger partial charge in [-0.15, -0.1) is 0 Å². The molecule has 3 rings (SSSR count). The molecule has 1 amide bonds. The van der Waals surface area contributed by atoms with E-state index in [1.807, 2.05) is 0 Å². The molecule has 1 atom stereocenters. The van der Waals surface area contributed by atoms with Gasteiger partial charge in [-0.25, -0.2) is 9.97 Å². The number of carboxylic acid groups (broad SMARTS) is 1. The first-order valence-electron chi connectivity index (χ1n) is 9.17. The summed E-state index contributed by atoms with van der Waals surface area (Å²) in [5.74, 6) is -1.84. The van der Waals surface area contributed by atoms with Gasteiger partial charge in [0.15, 0.2) is 11.2 Å². The van der Waals surface area contributed by atoms with E-state index in [1.165, 1.54) is 6.20 Å². The summed E-state index contributed by atoms with van der Waals surface area (Å²) in [6.45, 7) is 0.259. The van der Waals surface area contributed by atoms with Crippen LogP contribution in [0, 0.1) is 0 Å². The molecule has 0 unspecified atom stereocenters. The zero-order valence-electron chi connectivity index (χ0n) is 17.1. The van der Waals surface area contributed by atoms with Crippen LogP contribution in [0.2, 0.25) is 0 Å². The van der Waals surface area contributed by atoms with Gasteiger partial charge < -0.3 is 31.1 Å². The van der Waals surface area contributed by atoms with Gasteiger partial charge in [0.05, 0.1) is 24.5 Å². The predicted molar refractivity (Wildman–Crippen MR) is 108 cm³/mol. The van der Waals surface area contributed by atoms with E-state index in [2.05, 4.69) is 30.6 Å². The number of rotatable bonds is 9. The number of nitrogens with two attached hydrogens (primary N) is 1. The Kier molecular flexibility index (Phi) is 8.81. The number of hydrogen-bond acceptors (Lipinski definition) is 10. The van der Waals surface area contributed by atoms with E-state index in [1.54, 1.807) is 24.3 Å². The molecule has 0 saturated carbocycles. The van der Waals surface area contributed by atoms with Crippen molar-refractivity contribution in [2.24, 2.45) is 0 Å². The second-order valence-corrected chi connectivity index (χ2v) is 6.54. The van der Waals surface area contributed by atoms with Crippen LogP contribution in [0.25, 0.3) is 11.2 Å². The topological polar surface area (TPSA) is 196 Å². The normalized spacial score (nSPS) is 11.2. The minimum Gasteiger partial charge on any atom is -0.550 e. The summed E-state index contributed by atoms with van der Waals surface area (Å²) in [7, 11) is 0. The summed E-state index contributed by atoms with van der Waals surface area (Å²) >= 11 is 0. The van der Waals surface area contributed by atoms with Crippen LogP contribution in [-0.4, -0.2) is 44.1 Å². The standard InChI is InChI=1S/C19H19N7O5.Na/c20-19-25-16-15(18(31)26-19)23-13(8-22-16)7-21-11-3-1-10(2-4-11)17(30)24-12(9-27)5-6-14(28)29;/h1-4,8-9,12,21H,5-7H2,(H,24,30)(H,28,29)(H3,20,22,25,26,31);/q;+1/p-1/t12-;/m0./s1. The molecule has 32 heavy (non-hydrogen) atoms. The number of aromatic nitrogens is 4. The van der Waals surface area contributed by atoms with E-state index in [9.17, 15) is 24.3 Å². The number of hydrogen-bond donors (Lipinski definition) is 4. The molecule has 0 radical (unpaired) electrons. The third-order valence-corrected chi connectivity index (χ3v) is 4.25. The van der Waals surface area contributed by atoms with E-state index in [0.29, 0.717) is 23.2 Å². The number of aromatic amines is 1. The van der Waals surface area contributed by atoms with Gasteiger partial charge in [-0.05, 0) is 37.1 Å². The van der Waals surface area contributed by atoms with Crippen LogP contribution in [0.1, 0.15) is 28.9 Å². The molecular weight excluding hydrogens is 429 g/mol. The molecule has 13 heteroatoms. The summed E-state index contributed by atoms with van der Waals surface area (Å²) in [4.78, 5) is 60.2. The molecule has 1 aromatic carbocycles. The van der Waals surface area contributed by atoms with E-state index < -0.39 is 23.5 Å². The maximum atomic E-state index is 12.2. The molecule has 160 valence electrons. The van der Waals surface area contributed by atoms with Gasteiger partial charge in [0, 0.05) is 17.2 Å². The molecule has 0 spiro atoms. The van der Waals surface area contributed by atoms with Crippen LogP contribution in [0.3, 0.4) is 0 Å². The number of benzene rings is 1. The molecule has 5 N–H and O–H groups in total. The molecule has 0 aliphatic rings. The van der Waals surface area contributed by atoms with Gasteiger partial charge in [-0.2, -0.15) is 4.98 Å². The summed E-state index contributed by atoms with van der Waals surface area (Å²) in [5, 5.41) is 16.0. The van der Waals surface area contributed by atoms with E-state index in [0.717, 1.165) is 0 Å². The van der Waals surface area contributed by atoms with Crippen LogP contribution in [-0.2, 0) is 16.1 Å².